The smallest absolute Gasteiger partial charge is 0.322 e. The summed E-state index contributed by atoms with van der Waals surface area (Å²) in [5.74, 6) is 0.809. The monoisotopic (exact) mass is 471 g/mol. The summed E-state index contributed by atoms with van der Waals surface area (Å²) in [6.07, 6.45) is 2.05. The van der Waals surface area contributed by atoms with Crippen LogP contribution in [0.25, 0.3) is 5.69 Å². The van der Waals surface area contributed by atoms with E-state index in [-0.39, 0.29) is 12.1 Å². The van der Waals surface area contributed by atoms with Crippen molar-refractivity contribution in [3.63, 3.8) is 0 Å². The minimum Gasteiger partial charge on any atom is -0.494 e. The van der Waals surface area contributed by atoms with Gasteiger partial charge in [-0.2, -0.15) is 0 Å². The van der Waals surface area contributed by atoms with Gasteiger partial charge >= 0.3 is 6.03 Å². The van der Waals surface area contributed by atoms with Gasteiger partial charge in [0.05, 0.1) is 24.9 Å². The van der Waals surface area contributed by atoms with Gasteiger partial charge < -0.3 is 19.5 Å². The van der Waals surface area contributed by atoms with Crippen molar-refractivity contribution < 1.29 is 9.53 Å². The van der Waals surface area contributed by atoms with Crippen LogP contribution in [0.3, 0.4) is 0 Å². The minimum absolute atomic E-state index is 0.191. The average Bonchev–Trinajstić information content (AvgIpc) is 3.27. The second-order valence-corrected chi connectivity index (χ2v) is 8.77. The van der Waals surface area contributed by atoms with Gasteiger partial charge in [-0.3, -0.25) is 0 Å². The van der Waals surface area contributed by atoms with Crippen LogP contribution in [0, 0.1) is 6.92 Å². The van der Waals surface area contributed by atoms with Crippen LogP contribution in [-0.2, 0) is 6.54 Å². The fourth-order valence-corrected chi connectivity index (χ4v) is 4.65. The molecule has 1 aliphatic heterocycles. The van der Waals surface area contributed by atoms with Crippen LogP contribution >= 0.6 is 11.6 Å². The third-order valence-corrected chi connectivity index (χ3v) is 6.56. The summed E-state index contributed by atoms with van der Waals surface area (Å²) in [6, 6.07) is 25.4. The van der Waals surface area contributed by atoms with Crippen LogP contribution in [0.5, 0.6) is 5.75 Å². The fraction of sp³-hybridized carbons (Fsp3) is 0.179. The molecule has 2 heterocycles. The van der Waals surface area contributed by atoms with Gasteiger partial charge in [0.15, 0.2) is 0 Å². The lowest BCUT2D eigenvalue weighted by Crippen LogP contribution is -2.37. The number of nitrogens with zero attached hydrogens (tertiary/aromatic N) is 2. The quantitative estimate of drug-likeness (QED) is 0.349. The van der Waals surface area contributed by atoms with Crippen LogP contribution in [0.1, 0.15) is 35.3 Å². The molecule has 6 heteroatoms. The Hall–Kier alpha value is -3.70. The second kappa shape index (κ2) is 9.27. The number of aryl methyl sites for hydroxylation is 1. The number of nitrogens with one attached hydrogen (secondary N) is 1. The number of anilines is 1. The zero-order valence-corrected chi connectivity index (χ0v) is 19.9. The highest BCUT2D eigenvalue weighted by Gasteiger charge is 2.33. The number of para-hydroxylation sites is 1. The standard InChI is InChI=1S/C28H26ClN3O2/c1-3-34-23-14-11-20(12-15-23)27-26-9-6-16-31(26)25-8-5-4-7-21(25)18-32(27)28(33)30-22-13-10-19(2)24(29)17-22/h4-17,27H,3,18H2,1-2H3,(H,30,33)/t27-/m1/s1. The molecule has 5 rings (SSSR count). The van der Waals surface area contributed by atoms with Gasteiger partial charge in [0.1, 0.15) is 5.75 Å². The van der Waals surface area contributed by atoms with E-state index in [1.54, 1.807) is 6.07 Å². The number of hydrogen-bond donors (Lipinski definition) is 1. The number of aromatic nitrogens is 1. The number of halogens is 1. The van der Waals surface area contributed by atoms with Gasteiger partial charge in [-0.25, -0.2) is 4.79 Å². The van der Waals surface area contributed by atoms with Crippen molar-refractivity contribution in [3.8, 4) is 11.4 Å². The highest BCUT2D eigenvalue weighted by Crippen LogP contribution is 2.37. The van der Waals surface area contributed by atoms with Gasteiger partial charge in [0.2, 0.25) is 0 Å². The van der Waals surface area contributed by atoms with E-state index in [0.717, 1.165) is 33.8 Å². The first-order valence-electron chi connectivity index (χ1n) is 11.4. The van der Waals surface area contributed by atoms with Crippen molar-refractivity contribution in [1.29, 1.82) is 0 Å². The van der Waals surface area contributed by atoms with Gasteiger partial charge in [-0.15, -0.1) is 0 Å². The number of benzene rings is 3. The maximum absolute atomic E-state index is 13.7. The Morgan fingerprint density at radius 1 is 1.06 bits per heavy atom. The average molecular weight is 472 g/mol. The van der Waals surface area contributed by atoms with Gasteiger partial charge in [0.25, 0.3) is 0 Å². The van der Waals surface area contributed by atoms with Crippen LogP contribution in [-0.4, -0.2) is 22.1 Å². The summed E-state index contributed by atoms with van der Waals surface area (Å²) in [5.41, 5.74) is 5.81. The van der Waals surface area contributed by atoms with Crippen molar-refractivity contribution >= 4 is 23.3 Å². The summed E-state index contributed by atoms with van der Waals surface area (Å²) < 4.78 is 7.81. The molecule has 0 unspecified atom stereocenters. The first-order chi connectivity index (χ1) is 16.5. The molecule has 172 valence electrons. The number of carbonyl (C=O) groups excluding carboxylic acids is 1. The molecule has 0 radical (unpaired) electrons. The molecule has 5 nitrogen and oxygen atoms in total. The van der Waals surface area contributed by atoms with Crippen LogP contribution in [0.15, 0.2) is 85.1 Å². The van der Waals surface area contributed by atoms with Gasteiger partial charge in [-0.1, -0.05) is 48.0 Å². The maximum Gasteiger partial charge on any atom is 0.322 e. The third kappa shape index (κ3) is 4.15. The molecular formula is C28H26ClN3O2. The molecule has 0 fully saturated rings. The number of amides is 2. The largest absolute Gasteiger partial charge is 0.494 e. The maximum atomic E-state index is 13.7. The minimum atomic E-state index is -0.293. The molecule has 1 atom stereocenters. The summed E-state index contributed by atoms with van der Waals surface area (Å²) in [6.45, 7) is 4.97. The van der Waals surface area contributed by atoms with E-state index in [2.05, 4.69) is 34.3 Å². The number of rotatable bonds is 4. The fourth-order valence-electron chi connectivity index (χ4n) is 4.47. The predicted octanol–water partition coefficient (Wildman–Crippen LogP) is 6.97. The Morgan fingerprint density at radius 2 is 1.85 bits per heavy atom. The highest BCUT2D eigenvalue weighted by molar-refractivity contribution is 6.31. The predicted molar refractivity (Wildman–Crippen MR) is 136 cm³/mol. The molecule has 34 heavy (non-hydrogen) atoms. The summed E-state index contributed by atoms with van der Waals surface area (Å²) in [7, 11) is 0. The molecule has 0 bridgehead atoms. The molecule has 1 aliphatic rings. The lowest BCUT2D eigenvalue weighted by molar-refractivity contribution is 0.194. The lowest BCUT2D eigenvalue weighted by Gasteiger charge is -2.31. The highest BCUT2D eigenvalue weighted by atomic mass is 35.5. The van der Waals surface area contributed by atoms with Crippen molar-refractivity contribution in [2.45, 2.75) is 26.4 Å². The van der Waals surface area contributed by atoms with E-state index in [1.165, 1.54) is 0 Å². The Balaban J connectivity index is 1.59. The summed E-state index contributed by atoms with van der Waals surface area (Å²) in [5, 5.41) is 3.68. The Labute approximate surface area is 204 Å². The summed E-state index contributed by atoms with van der Waals surface area (Å²) in [4.78, 5) is 15.6. The molecule has 3 aromatic carbocycles. The number of hydrogen-bond acceptors (Lipinski definition) is 2. The first-order valence-corrected chi connectivity index (χ1v) is 11.7. The number of fused-ring (bicyclic) bond motifs is 3. The van der Waals surface area contributed by atoms with E-state index >= 15 is 0 Å². The second-order valence-electron chi connectivity index (χ2n) is 8.36. The Morgan fingerprint density at radius 3 is 2.62 bits per heavy atom. The Bertz CT molecular complexity index is 1330. The SMILES string of the molecule is CCOc1ccc([C@@H]2c3cccn3-c3ccccc3CN2C(=O)Nc2ccc(C)c(Cl)c2)cc1. The van der Waals surface area contributed by atoms with E-state index < -0.39 is 0 Å². The molecule has 0 aliphatic carbocycles. The zero-order valence-electron chi connectivity index (χ0n) is 19.2. The molecule has 4 aromatic rings. The summed E-state index contributed by atoms with van der Waals surface area (Å²) >= 11 is 6.31. The van der Waals surface area contributed by atoms with Gasteiger partial charge in [-0.05, 0) is 73.0 Å². The van der Waals surface area contributed by atoms with E-state index in [1.807, 2.05) is 73.3 Å². The number of carbonyl (C=O) groups is 1. The van der Waals surface area contributed by atoms with E-state index in [9.17, 15) is 4.79 Å². The van der Waals surface area contributed by atoms with Gasteiger partial charge in [0, 0.05) is 22.6 Å². The van der Waals surface area contributed by atoms with E-state index in [0.29, 0.717) is 23.9 Å². The van der Waals surface area contributed by atoms with Crippen molar-refractivity contribution in [1.82, 2.24) is 9.47 Å². The van der Waals surface area contributed by atoms with Crippen LogP contribution < -0.4 is 10.1 Å². The number of ether oxygens (including phenoxy) is 1. The van der Waals surface area contributed by atoms with Crippen molar-refractivity contribution in [2.75, 3.05) is 11.9 Å². The topological polar surface area (TPSA) is 46.5 Å². The zero-order chi connectivity index (χ0) is 23.7. The molecular weight excluding hydrogens is 446 g/mol. The van der Waals surface area contributed by atoms with Crippen molar-refractivity contribution in [2.24, 2.45) is 0 Å². The molecule has 0 saturated heterocycles. The normalized spacial score (nSPS) is 14.7. The lowest BCUT2D eigenvalue weighted by atomic mass is 10.0. The van der Waals surface area contributed by atoms with Crippen LogP contribution in [0.2, 0.25) is 5.02 Å². The van der Waals surface area contributed by atoms with Crippen molar-refractivity contribution in [3.05, 3.63) is 112 Å². The Kier molecular flexibility index (Phi) is 6.03. The molecule has 0 saturated carbocycles. The molecule has 1 N–H and O–H groups in total. The van der Waals surface area contributed by atoms with Crippen LogP contribution in [0.4, 0.5) is 10.5 Å². The van der Waals surface area contributed by atoms with E-state index in [4.69, 9.17) is 16.3 Å². The first kappa shape index (κ1) is 22.1. The molecule has 1 aromatic heterocycles. The number of urea groups is 1. The third-order valence-electron chi connectivity index (χ3n) is 6.15. The molecule has 2 amide bonds. The molecule has 0 spiro atoms.